The summed E-state index contributed by atoms with van der Waals surface area (Å²) in [7, 11) is -3.64. The van der Waals surface area contributed by atoms with Gasteiger partial charge >= 0.3 is 0 Å². The Morgan fingerprint density at radius 2 is 1.57 bits per heavy atom. The van der Waals surface area contributed by atoms with Crippen molar-refractivity contribution in [3.05, 3.63) is 90.0 Å². The van der Waals surface area contributed by atoms with Gasteiger partial charge in [-0.2, -0.15) is 0 Å². The van der Waals surface area contributed by atoms with Crippen molar-refractivity contribution in [2.75, 3.05) is 30.4 Å². The van der Waals surface area contributed by atoms with Crippen molar-refractivity contribution in [2.45, 2.75) is 51.6 Å². The summed E-state index contributed by atoms with van der Waals surface area (Å²) in [6.45, 7) is 3.03. The summed E-state index contributed by atoms with van der Waals surface area (Å²) >= 11 is 0. The van der Waals surface area contributed by atoms with Crippen molar-refractivity contribution < 1.29 is 27.5 Å². The van der Waals surface area contributed by atoms with Crippen LogP contribution in [-0.4, -0.2) is 57.3 Å². The SMILES string of the molecule is CCCCNC(=O)C(Cc1ccccc1)N(Cc1ccccc1)C(=O)CCCN(c1ccc2c(c1)OCO2)S(C)(=O)=O. The molecule has 3 aromatic carbocycles. The first kappa shape index (κ1) is 30.9. The number of anilines is 1. The van der Waals surface area contributed by atoms with Crippen LogP contribution in [0.2, 0.25) is 0 Å². The number of hydrogen-bond acceptors (Lipinski definition) is 6. The van der Waals surface area contributed by atoms with Gasteiger partial charge in [0.2, 0.25) is 28.6 Å². The van der Waals surface area contributed by atoms with Gasteiger partial charge in [-0.05, 0) is 36.1 Å². The minimum Gasteiger partial charge on any atom is -0.454 e. The number of sulfonamides is 1. The number of fused-ring (bicyclic) bond motifs is 1. The van der Waals surface area contributed by atoms with Crippen molar-refractivity contribution in [1.29, 1.82) is 0 Å². The second-order valence-electron chi connectivity index (χ2n) is 10.3. The summed E-state index contributed by atoms with van der Waals surface area (Å²) < 4.78 is 37.5. The molecule has 1 aliphatic rings. The number of ether oxygens (including phenoxy) is 2. The molecule has 3 aromatic rings. The van der Waals surface area contributed by atoms with E-state index in [1.165, 1.54) is 4.31 Å². The maximum absolute atomic E-state index is 13.9. The fourth-order valence-electron chi connectivity index (χ4n) is 4.88. The zero-order chi connectivity index (χ0) is 30.0. The molecule has 0 saturated carbocycles. The van der Waals surface area contributed by atoms with Crippen LogP contribution >= 0.6 is 0 Å². The van der Waals surface area contributed by atoms with Gasteiger partial charge in [-0.1, -0.05) is 74.0 Å². The predicted molar refractivity (Wildman–Crippen MR) is 163 cm³/mol. The van der Waals surface area contributed by atoms with E-state index in [1.54, 1.807) is 23.1 Å². The Morgan fingerprint density at radius 1 is 0.905 bits per heavy atom. The van der Waals surface area contributed by atoms with Crippen molar-refractivity contribution >= 4 is 27.5 Å². The van der Waals surface area contributed by atoms with Crippen LogP contribution in [0.1, 0.15) is 43.7 Å². The molecule has 0 radical (unpaired) electrons. The molecule has 1 aliphatic heterocycles. The first-order chi connectivity index (χ1) is 20.3. The molecule has 0 spiro atoms. The van der Waals surface area contributed by atoms with Gasteiger partial charge in [-0.25, -0.2) is 8.42 Å². The lowest BCUT2D eigenvalue weighted by molar-refractivity contribution is -0.141. The highest BCUT2D eigenvalue weighted by atomic mass is 32.2. The quantitative estimate of drug-likeness (QED) is 0.260. The first-order valence-electron chi connectivity index (χ1n) is 14.3. The molecule has 42 heavy (non-hydrogen) atoms. The van der Waals surface area contributed by atoms with Crippen LogP contribution in [-0.2, 0) is 32.6 Å². The summed E-state index contributed by atoms with van der Waals surface area (Å²) in [6, 6.07) is 23.5. The third-order valence-corrected chi connectivity index (χ3v) is 8.29. The van der Waals surface area contributed by atoms with Crippen LogP contribution in [0.5, 0.6) is 11.5 Å². The van der Waals surface area contributed by atoms with Crippen molar-refractivity contribution in [3.63, 3.8) is 0 Å². The molecular formula is C32H39N3O6S. The van der Waals surface area contributed by atoms with Crippen LogP contribution in [0.4, 0.5) is 5.69 Å². The molecular weight excluding hydrogens is 554 g/mol. The Labute approximate surface area is 248 Å². The van der Waals surface area contributed by atoms with Crippen LogP contribution in [0.15, 0.2) is 78.9 Å². The maximum Gasteiger partial charge on any atom is 0.243 e. The van der Waals surface area contributed by atoms with Gasteiger partial charge < -0.3 is 19.7 Å². The van der Waals surface area contributed by atoms with E-state index in [4.69, 9.17) is 9.47 Å². The van der Waals surface area contributed by atoms with E-state index in [0.717, 1.165) is 30.2 Å². The number of hydrogen-bond donors (Lipinski definition) is 1. The zero-order valence-corrected chi connectivity index (χ0v) is 25.0. The molecule has 224 valence electrons. The van der Waals surface area contributed by atoms with Crippen LogP contribution in [0.25, 0.3) is 0 Å². The average molecular weight is 594 g/mol. The Kier molecular flexibility index (Phi) is 10.8. The van der Waals surface area contributed by atoms with Crippen LogP contribution in [0, 0.1) is 0 Å². The Bertz CT molecular complexity index is 1430. The second kappa shape index (κ2) is 14.7. The standard InChI is InChI=1S/C32H39N3O6S/c1-3-4-19-33-32(37)28(21-25-12-7-5-8-13-25)34(23-26-14-9-6-10-15-26)31(36)16-11-20-35(42(2,38)39)27-17-18-29-30(22-27)41-24-40-29/h5-10,12-15,17-18,22,28H,3-4,11,16,19-21,23-24H2,1-2H3,(H,33,37). The molecule has 2 amide bonds. The number of amides is 2. The van der Waals surface area contributed by atoms with Gasteiger partial charge in [0.25, 0.3) is 0 Å². The van der Waals surface area contributed by atoms with Gasteiger partial charge in [-0.3, -0.25) is 13.9 Å². The van der Waals surface area contributed by atoms with E-state index < -0.39 is 16.1 Å². The predicted octanol–water partition coefficient (Wildman–Crippen LogP) is 4.52. The Morgan fingerprint density at radius 3 is 2.24 bits per heavy atom. The van der Waals surface area contributed by atoms with Gasteiger partial charge in [-0.15, -0.1) is 0 Å². The van der Waals surface area contributed by atoms with E-state index in [9.17, 15) is 18.0 Å². The summed E-state index contributed by atoms with van der Waals surface area (Å²) in [6.07, 6.45) is 3.62. The van der Waals surface area contributed by atoms with E-state index >= 15 is 0 Å². The Hall–Kier alpha value is -4.05. The minimum absolute atomic E-state index is 0.0664. The van der Waals surface area contributed by atoms with Gasteiger partial charge in [0.05, 0.1) is 11.9 Å². The molecule has 0 bridgehead atoms. The fraction of sp³-hybridized carbons (Fsp3) is 0.375. The smallest absolute Gasteiger partial charge is 0.243 e. The summed E-state index contributed by atoms with van der Waals surface area (Å²) in [5.41, 5.74) is 2.29. The van der Waals surface area contributed by atoms with E-state index in [0.29, 0.717) is 30.2 Å². The van der Waals surface area contributed by atoms with E-state index in [2.05, 4.69) is 12.2 Å². The maximum atomic E-state index is 13.9. The van der Waals surface area contributed by atoms with E-state index in [-0.39, 0.29) is 44.5 Å². The molecule has 1 atom stereocenters. The number of unbranched alkanes of at least 4 members (excludes halogenated alkanes) is 1. The highest BCUT2D eigenvalue weighted by molar-refractivity contribution is 7.92. The Balaban J connectivity index is 1.54. The lowest BCUT2D eigenvalue weighted by Crippen LogP contribution is -2.50. The number of benzene rings is 3. The normalized spacial score (nSPS) is 12.9. The molecule has 0 aromatic heterocycles. The topological polar surface area (TPSA) is 105 Å². The lowest BCUT2D eigenvalue weighted by atomic mass is 10.0. The minimum atomic E-state index is -3.64. The molecule has 0 aliphatic carbocycles. The zero-order valence-electron chi connectivity index (χ0n) is 24.2. The molecule has 0 fully saturated rings. The second-order valence-corrected chi connectivity index (χ2v) is 12.2. The van der Waals surface area contributed by atoms with Crippen molar-refractivity contribution in [1.82, 2.24) is 10.2 Å². The fourth-order valence-corrected chi connectivity index (χ4v) is 5.84. The number of carbonyl (C=O) groups excluding carboxylic acids is 2. The third-order valence-electron chi connectivity index (χ3n) is 7.09. The molecule has 1 N–H and O–H groups in total. The molecule has 10 heteroatoms. The van der Waals surface area contributed by atoms with Crippen LogP contribution in [0.3, 0.4) is 0 Å². The lowest BCUT2D eigenvalue weighted by Gasteiger charge is -2.32. The first-order valence-corrected chi connectivity index (χ1v) is 16.1. The number of nitrogens with one attached hydrogen (secondary N) is 1. The molecule has 4 rings (SSSR count). The average Bonchev–Trinajstić information content (AvgIpc) is 3.45. The molecule has 1 unspecified atom stereocenters. The largest absolute Gasteiger partial charge is 0.454 e. The highest BCUT2D eigenvalue weighted by Gasteiger charge is 2.30. The van der Waals surface area contributed by atoms with Crippen molar-refractivity contribution in [2.24, 2.45) is 0 Å². The number of carbonyl (C=O) groups is 2. The summed E-state index contributed by atoms with van der Waals surface area (Å²) in [4.78, 5) is 29.0. The van der Waals surface area contributed by atoms with Gasteiger partial charge in [0, 0.05) is 38.5 Å². The number of nitrogens with zero attached hydrogens (tertiary/aromatic N) is 2. The third kappa shape index (κ3) is 8.48. The molecule has 1 heterocycles. The van der Waals surface area contributed by atoms with Crippen LogP contribution < -0.4 is 19.1 Å². The molecule has 0 saturated heterocycles. The molecule has 9 nitrogen and oxygen atoms in total. The number of rotatable bonds is 15. The summed E-state index contributed by atoms with van der Waals surface area (Å²) in [5.74, 6) is 0.615. The highest BCUT2D eigenvalue weighted by Crippen LogP contribution is 2.36. The van der Waals surface area contributed by atoms with Gasteiger partial charge in [0.1, 0.15) is 6.04 Å². The van der Waals surface area contributed by atoms with Gasteiger partial charge in [0.15, 0.2) is 11.5 Å². The van der Waals surface area contributed by atoms with Crippen molar-refractivity contribution in [3.8, 4) is 11.5 Å². The monoisotopic (exact) mass is 593 g/mol. The summed E-state index contributed by atoms with van der Waals surface area (Å²) in [5, 5.41) is 3.02. The van der Waals surface area contributed by atoms with E-state index in [1.807, 2.05) is 60.7 Å².